The third-order valence-corrected chi connectivity index (χ3v) is 8.82. The van der Waals surface area contributed by atoms with E-state index in [-0.39, 0.29) is 59.7 Å². The van der Waals surface area contributed by atoms with E-state index < -0.39 is 11.0 Å². The number of ether oxygens (including phenoxy) is 1. The number of aliphatic hydroxyl groups is 1. The number of carbonyl (C=O) groups is 3. The summed E-state index contributed by atoms with van der Waals surface area (Å²) in [4.78, 5) is 38.5. The molecule has 0 aliphatic heterocycles. The fraction of sp³-hybridized carbons (Fsp3) is 0.792. The first kappa shape index (κ1) is 20.9. The highest BCUT2D eigenvalue weighted by Crippen LogP contribution is 2.66. The van der Waals surface area contributed by atoms with Gasteiger partial charge in [0.15, 0.2) is 11.6 Å². The minimum Gasteiger partial charge on any atom is -0.381 e. The fourth-order valence-corrected chi connectivity index (χ4v) is 7.21. The molecule has 0 bridgehead atoms. The summed E-state index contributed by atoms with van der Waals surface area (Å²) in [5, 5.41) is 11.5. The van der Waals surface area contributed by atoms with Gasteiger partial charge in [-0.1, -0.05) is 19.4 Å². The molecule has 5 heteroatoms. The lowest BCUT2D eigenvalue weighted by Crippen LogP contribution is -2.61. The van der Waals surface area contributed by atoms with Crippen molar-refractivity contribution in [3.63, 3.8) is 0 Å². The Morgan fingerprint density at radius 3 is 2.62 bits per heavy atom. The van der Waals surface area contributed by atoms with Crippen LogP contribution in [0.3, 0.4) is 0 Å². The standard InChI is InChI=1S/C24H34O5/c1-14(2)29-13-20(27)24(28)10-8-18-17-6-5-15-11-16(25)7-9-22(15,3)21(17)19(26)12-23(18,24)4/h11,14,17-18,21,28H,5-10,12-13H2,1-4H3/t17-,18?,21?,22-,23-,24-/m0/s1. The van der Waals surface area contributed by atoms with E-state index in [9.17, 15) is 19.5 Å². The van der Waals surface area contributed by atoms with Crippen LogP contribution in [0.2, 0.25) is 0 Å². The monoisotopic (exact) mass is 402 g/mol. The van der Waals surface area contributed by atoms with Crippen LogP contribution >= 0.6 is 0 Å². The minimum absolute atomic E-state index is 0.0811. The number of carbonyl (C=O) groups excluding carboxylic acids is 3. The van der Waals surface area contributed by atoms with Gasteiger partial charge in [0.25, 0.3) is 0 Å². The molecule has 29 heavy (non-hydrogen) atoms. The van der Waals surface area contributed by atoms with Gasteiger partial charge in [-0.2, -0.15) is 0 Å². The van der Waals surface area contributed by atoms with Crippen molar-refractivity contribution in [2.45, 2.75) is 84.3 Å². The van der Waals surface area contributed by atoms with Gasteiger partial charge >= 0.3 is 0 Å². The second-order valence-electron chi connectivity index (χ2n) is 10.6. The van der Waals surface area contributed by atoms with Gasteiger partial charge < -0.3 is 9.84 Å². The van der Waals surface area contributed by atoms with E-state index in [0.29, 0.717) is 12.8 Å². The number of hydrogen-bond donors (Lipinski definition) is 1. The maximum atomic E-state index is 13.5. The van der Waals surface area contributed by atoms with Crippen molar-refractivity contribution in [1.29, 1.82) is 0 Å². The van der Waals surface area contributed by atoms with Crippen LogP contribution in [0.25, 0.3) is 0 Å². The first-order valence-electron chi connectivity index (χ1n) is 11.2. The van der Waals surface area contributed by atoms with Crippen LogP contribution in [0.5, 0.6) is 0 Å². The van der Waals surface area contributed by atoms with Crippen LogP contribution in [0.4, 0.5) is 0 Å². The second kappa shape index (κ2) is 6.84. The molecule has 0 aromatic heterocycles. The molecule has 3 saturated carbocycles. The Hall–Kier alpha value is -1.33. The Morgan fingerprint density at radius 1 is 1.21 bits per heavy atom. The van der Waals surface area contributed by atoms with Crippen molar-refractivity contribution < 1.29 is 24.2 Å². The maximum absolute atomic E-state index is 13.5. The average Bonchev–Trinajstić information content (AvgIpc) is 2.91. The zero-order chi connectivity index (χ0) is 21.2. The van der Waals surface area contributed by atoms with Gasteiger partial charge in [0.05, 0.1) is 6.10 Å². The number of rotatable bonds is 4. The predicted octanol–water partition coefficient (Wildman–Crippen LogP) is 3.42. The normalized spacial score (nSPS) is 44.2. The Balaban J connectivity index is 1.66. The first-order valence-corrected chi connectivity index (χ1v) is 11.2. The minimum atomic E-state index is -1.49. The molecule has 0 heterocycles. The van der Waals surface area contributed by atoms with Gasteiger partial charge in [-0.3, -0.25) is 14.4 Å². The summed E-state index contributed by atoms with van der Waals surface area (Å²) in [6.07, 6.45) is 6.06. The summed E-state index contributed by atoms with van der Waals surface area (Å²) in [6.45, 7) is 7.74. The van der Waals surface area contributed by atoms with Gasteiger partial charge in [0, 0.05) is 24.2 Å². The summed E-state index contributed by atoms with van der Waals surface area (Å²) >= 11 is 0. The van der Waals surface area contributed by atoms with E-state index in [1.54, 1.807) is 6.08 Å². The van der Waals surface area contributed by atoms with Crippen LogP contribution in [-0.4, -0.2) is 40.8 Å². The lowest BCUT2D eigenvalue weighted by atomic mass is 9.46. The SMILES string of the molecule is CC(C)OCC(=O)[C@@]1(O)CCC2[C@@H]3CCC4=CC(=O)CC[C@]4(C)C3C(=O)C[C@@]21C. The molecule has 3 fully saturated rings. The molecule has 5 nitrogen and oxygen atoms in total. The van der Waals surface area contributed by atoms with Gasteiger partial charge in [0.1, 0.15) is 18.0 Å². The number of fused-ring (bicyclic) bond motifs is 5. The Labute approximate surface area is 173 Å². The molecule has 0 amide bonds. The molecule has 0 saturated heterocycles. The van der Waals surface area contributed by atoms with Crippen molar-refractivity contribution in [1.82, 2.24) is 0 Å². The van der Waals surface area contributed by atoms with Gasteiger partial charge in [-0.15, -0.1) is 0 Å². The number of Topliss-reactive ketones (excluding diaryl/α,β-unsaturated/α-hetero) is 2. The summed E-state index contributed by atoms with van der Waals surface area (Å²) < 4.78 is 5.50. The summed E-state index contributed by atoms with van der Waals surface area (Å²) in [7, 11) is 0. The Bertz CT molecular complexity index is 782. The third-order valence-electron chi connectivity index (χ3n) is 8.82. The molecule has 4 aliphatic carbocycles. The Kier molecular flexibility index (Phi) is 4.94. The predicted molar refractivity (Wildman–Crippen MR) is 108 cm³/mol. The number of hydrogen-bond acceptors (Lipinski definition) is 5. The molecule has 0 aromatic carbocycles. The van der Waals surface area contributed by atoms with Crippen LogP contribution in [-0.2, 0) is 19.1 Å². The summed E-state index contributed by atoms with van der Waals surface area (Å²) in [5.74, 6) is 0.272. The highest BCUT2D eigenvalue weighted by atomic mass is 16.5. The van der Waals surface area contributed by atoms with Crippen molar-refractivity contribution in [3.05, 3.63) is 11.6 Å². The highest BCUT2D eigenvalue weighted by molar-refractivity contribution is 5.94. The largest absolute Gasteiger partial charge is 0.381 e. The van der Waals surface area contributed by atoms with Gasteiger partial charge in [-0.25, -0.2) is 0 Å². The van der Waals surface area contributed by atoms with Crippen molar-refractivity contribution in [3.8, 4) is 0 Å². The second-order valence-corrected chi connectivity index (χ2v) is 10.6. The van der Waals surface area contributed by atoms with E-state index in [1.807, 2.05) is 20.8 Å². The molecule has 4 aliphatic rings. The van der Waals surface area contributed by atoms with Crippen LogP contribution in [0.1, 0.15) is 72.6 Å². The molecule has 160 valence electrons. The van der Waals surface area contributed by atoms with Crippen molar-refractivity contribution >= 4 is 17.3 Å². The maximum Gasteiger partial charge on any atom is 0.190 e. The van der Waals surface area contributed by atoms with E-state index in [2.05, 4.69) is 6.92 Å². The highest BCUT2D eigenvalue weighted by Gasteiger charge is 2.68. The van der Waals surface area contributed by atoms with Gasteiger partial charge in [0.2, 0.25) is 0 Å². The summed E-state index contributed by atoms with van der Waals surface area (Å²) in [6, 6.07) is 0. The Morgan fingerprint density at radius 2 is 1.93 bits per heavy atom. The van der Waals surface area contributed by atoms with E-state index in [0.717, 1.165) is 31.3 Å². The van der Waals surface area contributed by atoms with Crippen LogP contribution < -0.4 is 0 Å². The quantitative estimate of drug-likeness (QED) is 0.779. The third kappa shape index (κ3) is 2.91. The molecule has 4 rings (SSSR count). The van der Waals surface area contributed by atoms with Crippen LogP contribution in [0.15, 0.2) is 11.6 Å². The molecule has 0 radical (unpaired) electrons. The molecule has 2 unspecified atom stereocenters. The number of allylic oxidation sites excluding steroid dienone is 1. The van der Waals surface area contributed by atoms with E-state index >= 15 is 0 Å². The zero-order valence-electron chi connectivity index (χ0n) is 18.1. The topological polar surface area (TPSA) is 80.7 Å². The van der Waals surface area contributed by atoms with Crippen molar-refractivity contribution in [2.24, 2.45) is 28.6 Å². The molecule has 1 N–H and O–H groups in total. The lowest BCUT2D eigenvalue weighted by Gasteiger charge is -2.57. The first-order chi connectivity index (χ1) is 13.5. The van der Waals surface area contributed by atoms with E-state index in [1.165, 1.54) is 0 Å². The number of ketones is 3. The molecule has 0 aromatic rings. The summed E-state index contributed by atoms with van der Waals surface area (Å²) in [5.41, 5.74) is -1.33. The van der Waals surface area contributed by atoms with Gasteiger partial charge in [-0.05, 0) is 69.3 Å². The van der Waals surface area contributed by atoms with E-state index in [4.69, 9.17) is 4.74 Å². The van der Waals surface area contributed by atoms with Crippen LogP contribution in [0, 0.1) is 28.6 Å². The smallest absolute Gasteiger partial charge is 0.190 e. The molecule has 6 atom stereocenters. The molecular weight excluding hydrogens is 368 g/mol. The molecule has 0 spiro atoms. The molecular formula is C24H34O5. The lowest BCUT2D eigenvalue weighted by molar-refractivity contribution is -0.172. The van der Waals surface area contributed by atoms with Crippen molar-refractivity contribution in [2.75, 3.05) is 6.61 Å². The average molecular weight is 403 g/mol. The zero-order valence-corrected chi connectivity index (χ0v) is 18.1. The fourth-order valence-electron chi connectivity index (χ4n) is 7.21.